The molecule has 0 aromatic heterocycles. The molecule has 0 unspecified atom stereocenters. The van der Waals surface area contributed by atoms with E-state index in [0.717, 1.165) is 23.7 Å². The zero-order valence-corrected chi connectivity index (χ0v) is 10.8. The summed E-state index contributed by atoms with van der Waals surface area (Å²) in [6, 6.07) is 19.0. The van der Waals surface area contributed by atoms with Crippen molar-refractivity contribution >= 4 is 17.5 Å². The minimum Gasteiger partial charge on any atom is -0.492 e. The quantitative estimate of drug-likeness (QED) is 0.784. The van der Waals surface area contributed by atoms with Gasteiger partial charge in [-0.1, -0.05) is 54.6 Å². The van der Waals surface area contributed by atoms with Gasteiger partial charge in [0.05, 0.1) is 6.61 Å². The van der Waals surface area contributed by atoms with E-state index in [-0.39, 0.29) is 0 Å². The molecule has 1 heterocycles. The average molecular weight is 254 g/mol. The lowest BCUT2D eigenvalue weighted by atomic mass is 10.0. The molecule has 2 aromatic carbocycles. The van der Waals surface area contributed by atoms with Gasteiger partial charge in [-0.25, -0.2) is 0 Å². The molecule has 2 heteroatoms. The molecule has 0 radical (unpaired) electrons. The highest BCUT2D eigenvalue weighted by Gasteiger charge is 2.07. The lowest BCUT2D eigenvalue weighted by Crippen LogP contribution is -2.01. The van der Waals surface area contributed by atoms with Gasteiger partial charge in [0.1, 0.15) is 5.76 Å². The number of hydrogen-bond acceptors (Lipinski definition) is 2. The van der Waals surface area contributed by atoms with Gasteiger partial charge in [-0.3, -0.25) is 0 Å². The molecule has 0 aliphatic carbocycles. The number of thioether (sulfide) groups is 1. The van der Waals surface area contributed by atoms with E-state index >= 15 is 0 Å². The van der Waals surface area contributed by atoms with Crippen LogP contribution in [0.4, 0.5) is 0 Å². The normalized spacial score (nSPS) is 14.8. The van der Waals surface area contributed by atoms with Crippen molar-refractivity contribution in [1.82, 2.24) is 0 Å². The van der Waals surface area contributed by atoms with Crippen molar-refractivity contribution in [2.75, 3.05) is 12.4 Å². The maximum absolute atomic E-state index is 5.65. The van der Waals surface area contributed by atoms with Crippen molar-refractivity contribution < 1.29 is 4.74 Å². The van der Waals surface area contributed by atoms with Gasteiger partial charge in [0, 0.05) is 16.7 Å². The van der Waals surface area contributed by atoms with Crippen molar-refractivity contribution in [2.24, 2.45) is 0 Å². The molecule has 0 fully saturated rings. The van der Waals surface area contributed by atoms with Crippen LogP contribution in [0, 0.1) is 0 Å². The van der Waals surface area contributed by atoms with Crippen LogP contribution in [-0.4, -0.2) is 12.4 Å². The summed E-state index contributed by atoms with van der Waals surface area (Å²) in [6.45, 7) is 0.803. The van der Waals surface area contributed by atoms with E-state index in [0.29, 0.717) is 0 Å². The predicted octanol–water partition coefficient (Wildman–Crippen LogP) is 4.42. The molecule has 0 atom stereocenters. The zero-order chi connectivity index (χ0) is 12.2. The molecule has 0 saturated heterocycles. The first-order valence-corrected chi connectivity index (χ1v) is 7.09. The largest absolute Gasteiger partial charge is 0.492 e. The molecule has 90 valence electrons. The highest BCUT2D eigenvalue weighted by Crippen LogP contribution is 2.26. The van der Waals surface area contributed by atoms with E-state index < -0.39 is 0 Å². The summed E-state index contributed by atoms with van der Waals surface area (Å²) < 4.78 is 5.65. The third-order valence-corrected chi connectivity index (χ3v) is 3.71. The van der Waals surface area contributed by atoms with Crippen LogP contribution in [0.5, 0.6) is 0 Å². The Morgan fingerprint density at radius 3 is 2.11 bits per heavy atom. The molecule has 2 aromatic rings. The van der Waals surface area contributed by atoms with E-state index in [2.05, 4.69) is 53.9 Å². The molecule has 0 N–H and O–H groups in total. The molecule has 18 heavy (non-hydrogen) atoms. The number of ether oxygens (including phenoxy) is 1. The second-order valence-corrected chi connectivity index (χ2v) is 5.12. The summed E-state index contributed by atoms with van der Waals surface area (Å²) in [5.74, 6) is 2.04. The highest BCUT2D eigenvalue weighted by atomic mass is 32.2. The minimum atomic E-state index is 0.803. The first-order valence-electron chi connectivity index (χ1n) is 6.04. The maximum atomic E-state index is 5.65. The first-order chi connectivity index (χ1) is 8.93. The van der Waals surface area contributed by atoms with Crippen molar-refractivity contribution in [2.45, 2.75) is 0 Å². The van der Waals surface area contributed by atoms with Gasteiger partial charge in [0.2, 0.25) is 0 Å². The van der Waals surface area contributed by atoms with Crippen molar-refractivity contribution in [3.8, 4) is 11.1 Å². The van der Waals surface area contributed by atoms with Gasteiger partial charge in [0.15, 0.2) is 0 Å². The predicted molar refractivity (Wildman–Crippen MR) is 78.3 cm³/mol. The molecule has 3 rings (SSSR count). The molecule has 0 spiro atoms. The number of rotatable bonds is 2. The van der Waals surface area contributed by atoms with E-state index in [1.54, 1.807) is 0 Å². The fourth-order valence-corrected chi connectivity index (χ4v) is 2.63. The van der Waals surface area contributed by atoms with E-state index in [1.807, 2.05) is 17.8 Å². The van der Waals surface area contributed by atoms with E-state index in [4.69, 9.17) is 4.74 Å². The fraction of sp³-hybridized carbons (Fsp3) is 0.125. The zero-order valence-electron chi connectivity index (χ0n) is 10.0. The SMILES string of the molecule is C1=C(c2ccc(-c3ccccc3)cc2)OCCS1. The van der Waals surface area contributed by atoms with Gasteiger partial charge in [-0.15, -0.1) is 11.8 Å². The molecule has 0 bridgehead atoms. The van der Waals surface area contributed by atoms with Crippen molar-refractivity contribution in [1.29, 1.82) is 0 Å². The molecule has 1 nitrogen and oxygen atoms in total. The van der Waals surface area contributed by atoms with E-state index in [1.165, 1.54) is 11.1 Å². The highest BCUT2D eigenvalue weighted by molar-refractivity contribution is 8.02. The fourth-order valence-electron chi connectivity index (χ4n) is 1.98. The smallest absolute Gasteiger partial charge is 0.132 e. The third-order valence-electron chi connectivity index (χ3n) is 2.93. The van der Waals surface area contributed by atoms with Crippen LogP contribution >= 0.6 is 11.8 Å². The monoisotopic (exact) mass is 254 g/mol. The van der Waals surface area contributed by atoms with Gasteiger partial charge in [-0.05, 0) is 11.1 Å². The summed E-state index contributed by atoms with van der Waals surface area (Å²) in [7, 11) is 0. The molecule has 1 aliphatic heterocycles. The number of hydrogen-bond donors (Lipinski definition) is 0. The molecular formula is C16H14OS. The Bertz CT molecular complexity index is 543. The molecule has 0 amide bonds. The summed E-state index contributed by atoms with van der Waals surface area (Å²) in [6.07, 6.45) is 0. The minimum absolute atomic E-state index is 0.803. The Kier molecular flexibility index (Phi) is 3.37. The van der Waals surface area contributed by atoms with Crippen LogP contribution in [0.2, 0.25) is 0 Å². The second-order valence-electron chi connectivity index (χ2n) is 4.14. The standard InChI is InChI=1S/C16H14OS/c1-2-4-13(5-3-1)14-6-8-15(9-7-14)16-12-18-11-10-17-16/h1-9,12H,10-11H2. The van der Waals surface area contributed by atoms with Crippen LogP contribution in [0.3, 0.4) is 0 Å². The Morgan fingerprint density at radius 2 is 1.44 bits per heavy atom. The average Bonchev–Trinajstić information content (AvgIpc) is 2.49. The van der Waals surface area contributed by atoms with Crippen LogP contribution in [-0.2, 0) is 4.74 Å². The van der Waals surface area contributed by atoms with Gasteiger partial charge >= 0.3 is 0 Å². The van der Waals surface area contributed by atoms with Crippen LogP contribution in [0.1, 0.15) is 5.56 Å². The Labute approximate surface area is 111 Å². The van der Waals surface area contributed by atoms with Gasteiger partial charge in [-0.2, -0.15) is 0 Å². The summed E-state index contributed by atoms with van der Waals surface area (Å²) >= 11 is 1.81. The van der Waals surface area contributed by atoms with Crippen molar-refractivity contribution in [3.05, 3.63) is 65.6 Å². The summed E-state index contributed by atoms with van der Waals surface area (Å²) in [5.41, 5.74) is 3.64. The van der Waals surface area contributed by atoms with Crippen molar-refractivity contribution in [3.63, 3.8) is 0 Å². The van der Waals surface area contributed by atoms with Crippen LogP contribution in [0.25, 0.3) is 16.9 Å². The lowest BCUT2D eigenvalue weighted by molar-refractivity contribution is 0.299. The lowest BCUT2D eigenvalue weighted by Gasteiger charge is -2.14. The molecular weight excluding hydrogens is 240 g/mol. The van der Waals surface area contributed by atoms with Gasteiger partial charge in [0.25, 0.3) is 0 Å². The van der Waals surface area contributed by atoms with Gasteiger partial charge < -0.3 is 4.74 Å². The number of benzene rings is 2. The van der Waals surface area contributed by atoms with Crippen LogP contribution in [0.15, 0.2) is 60.0 Å². The van der Waals surface area contributed by atoms with E-state index in [9.17, 15) is 0 Å². The Balaban J connectivity index is 1.87. The van der Waals surface area contributed by atoms with Crippen LogP contribution < -0.4 is 0 Å². The Morgan fingerprint density at radius 1 is 0.778 bits per heavy atom. The second kappa shape index (κ2) is 5.32. The first kappa shape index (κ1) is 11.4. The maximum Gasteiger partial charge on any atom is 0.132 e. The molecule has 0 saturated carbocycles. The third kappa shape index (κ3) is 2.44. The summed E-state index contributed by atoms with van der Waals surface area (Å²) in [5, 5.41) is 2.10. The summed E-state index contributed by atoms with van der Waals surface area (Å²) in [4.78, 5) is 0. The Hall–Kier alpha value is -1.67. The molecule has 1 aliphatic rings. The topological polar surface area (TPSA) is 9.23 Å².